The molecule has 1 aliphatic rings. The lowest BCUT2D eigenvalue weighted by molar-refractivity contribution is 0.0951. The van der Waals surface area contributed by atoms with Gasteiger partial charge < -0.3 is 10.1 Å². The molecule has 5 nitrogen and oxygen atoms in total. The lowest BCUT2D eigenvalue weighted by Crippen LogP contribution is -2.27. The van der Waals surface area contributed by atoms with Crippen LogP contribution in [0.2, 0.25) is 0 Å². The van der Waals surface area contributed by atoms with Gasteiger partial charge in [0.25, 0.3) is 5.91 Å². The zero-order valence-corrected chi connectivity index (χ0v) is 13.4. The molecule has 1 amide bonds. The van der Waals surface area contributed by atoms with Gasteiger partial charge in [-0.25, -0.2) is 8.57 Å². The Bertz CT molecular complexity index is 637. The minimum Gasteiger partial charge on any atom is -0.489 e. The monoisotopic (exact) mass is 322 g/mol. The fraction of sp³-hybridized carbons (Fsp3) is 0.438. The number of carbonyl (C=O) groups excluding carboxylic acids is 1. The Labute approximate surface area is 131 Å². The predicted octanol–water partition coefficient (Wildman–Crippen LogP) is 2.24. The van der Waals surface area contributed by atoms with Crippen LogP contribution in [-0.2, 0) is 9.73 Å². The van der Waals surface area contributed by atoms with Gasteiger partial charge in [-0.1, -0.05) is 24.8 Å². The molecule has 0 aliphatic carbocycles. The molecular weight excluding hydrogens is 300 g/mol. The minimum absolute atomic E-state index is 0.212. The smallest absolute Gasteiger partial charge is 0.255 e. The zero-order valence-electron chi connectivity index (χ0n) is 12.6. The van der Waals surface area contributed by atoms with E-state index in [9.17, 15) is 9.00 Å². The number of amides is 1. The molecule has 0 spiro atoms. The van der Waals surface area contributed by atoms with Crippen LogP contribution in [0.3, 0.4) is 0 Å². The second kappa shape index (κ2) is 7.98. The summed E-state index contributed by atoms with van der Waals surface area (Å²) in [6.45, 7) is 4.71. The number of ether oxygens (including phenoxy) is 1. The van der Waals surface area contributed by atoms with Crippen LogP contribution in [0.4, 0.5) is 0 Å². The Morgan fingerprint density at radius 3 is 2.82 bits per heavy atom. The predicted molar refractivity (Wildman–Crippen MR) is 88.9 cm³/mol. The molecule has 1 N–H and O–H groups in total. The number of nitrogens with zero attached hydrogens (tertiary/aromatic N) is 1. The van der Waals surface area contributed by atoms with Gasteiger partial charge >= 0.3 is 0 Å². The summed E-state index contributed by atoms with van der Waals surface area (Å²) in [6.07, 6.45) is 3.61. The van der Waals surface area contributed by atoms with Crippen LogP contribution in [0, 0.1) is 0 Å². The van der Waals surface area contributed by atoms with E-state index in [1.807, 2.05) is 6.07 Å². The van der Waals surface area contributed by atoms with Gasteiger partial charge in [0.05, 0.1) is 12.1 Å². The van der Waals surface area contributed by atoms with E-state index in [2.05, 4.69) is 16.3 Å². The number of hydrogen-bond acceptors (Lipinski definition) is 4. The van der Waals surface area contributed by atoms with Crippen LogP contribution >= 0.6 is 0 Å². The Balaban J connectivity index is 1.90. The number of para-hydroxylation sites is 1. The summed E-state index contributed by atoms with van der Waals surface area (Å²) in [4.78, 5) is 12.2. The average molecular weight is 322 g/mol. The fourth-order valence-electron chi connectivity index (χ4n) is 2.29. The zero-order chi connectivity index (χ0) is 15.8. The molecule has 1 aromatic carbocycles. The van der Waals surface area contributed by atoms with Gasteiger partial charge in [-0.15, -0.1) is 0 Å². The molecule has 22 heavy (non-hydrogen) atoms. The van der Waals surface area contributed by atoms with Crippen molar-refractivity contribution in [3.05, 3.63) is 42.5 Å². The van der Waals surface area contributed by atoms with Gasteiger partial charge in [0.15, 0.2) is 0 Å². The largest absolute Gasteiger partial charge is 0.489 e. The maximum atomic E-state index is 12.2. The summed E-state index contributed by atoms with van der Waals surface area (Å²) >= 11 is 0. The number of benzene rings is 1. The van der Waals surface area contributed by atoms with Crippen LogP contribution in [-0.4, -0.2) is 41.3 Å². The first-order valence-electron chi connectivity index (χ1n) is 7.44. The molecule has 6 heteroatoms. The molecular formula is C16H22N2O3S. The van der Waals surface area contributed by atoms with Gasteiger partial charge in [-0.3, -0.25) is 4.79 Å². The van der Waals surface area contributed by atoms with E-state index in [1.165, 1.54) is 0 Å². The number of nitrogens with one attached hydrogen (secondary N) is 1. The van der Waals surface area contributed by atoms with Crippen LogP contribution in [0.1, 0.15) is 23.2 Å². The molecule has 1 saturated heterocycles. The van der Waals surface area contributed by atoms with Crippen molar-refractivity contribution in [3.8, 4) is 5.75 Å². The van der Waals surface area contributed by atoms with E-state index in [4.69, 9.17) is 4.74 Å². The third kappa shape index (κ3) is 4.59. The van der Waals surface area contributed by atoms with Gasteiger partial charge in [-0.2, -0.15) is 0 Å². The van der Waals surface area contributed by atoms with Gasteiger partial charge in [0.2, 0.25) is 0 Å². The molecule has 1 fully saturated rings. The van der Waals surface area contributed by atoms with Crippen molar-refractivity contribution < 1.29 is 13.7 Å². The van der Waals surface area contributed by atoms with Gasteiger partial charge in [0, 0.05) is 27.8 Å². The van der Waals surface area contributed by atoms with E-state index in [-0.39, 0.29) is 5.91 Å². The van der Waals surface area contributed by atoms with Gasteiger partial charge in [-0.05, 0) is 25.0 Å². The lowest BCUT2D eigenvalue weighted by atomic mass is 10.2. The molecule has 0 bridgehead atoms. The summed E-state index contributed by atoms with van der Waals surface area (Å²) in [7, 11) is -2.00. The number of hydrogen-bond donors (Lipinski definition) is 1. The third-order valence-corrected chi connectivity index (χ3v) is 5.90. The van der Waals surface area contributed by atoms with Crippen molar-refractivity contribution in [1.29, 1.82) is 0 Å². The van der Waals surface area contributed by atoms with Crippen molar-refractivity contribution in [2.75, 3.05) is 31.2 Å². The molecule has 0 radical (unpaired) electrons. The molecule has 1 aliphatic heterocycles. The molecule has 1 heterocycles. The second-order valence-electron chi connectivity index (χ2n) is 5.09. The maximum absolute atomic E-state index is 12.2. The summed E-state index contributed by atoms with van der Waals surface area (Å²) in [5.41, 5.74) is 0.481. The highest BCUT2D eigenvalue weighted by Crippen LogP contribution is 2.17. The number of carbonyl (C=O) groups is 1. The van der Waals surface area contributed by atoms with Crippen LogP contribution < -0.4 is 10.1 Å². The van der Waals surface area contributed by atoms with Crippen LogP contribution in [0.5, 0.6) is 5.75 Å². The van der Waals surface area contributed by atoms with E-state index in [0.717, 1.165) is 12.8 Å². The molecule has 0 aromatic heterocycles. The lowest BCUT2D eigenvalue weighted by Gasteiger charge is -2.10. The molecule has 1 aromatic rings. The highest BCUT2D eigenvalue weighted by Gasteiger charge is 2.15. The molecule has 0 unspecified atom stereocenters. The maximum Gasteiger partial charge on any atom is 0.255 e. The topological polar surface area (TPSA) is 67.8 Å². The first kappa shape index (κ1) is 16.5. The summed E-state index contributed by atoms with van der Waals surface area (Å²) in [5, 5.41) is 2.79. The Morgan fingerprint density at radius 1 is 1.36 bits per heavy atom. The van der Waals surface area contributed by atoms with E-state index in [1.54, 1.807) is 24.3 Å². The van der Waals surface area contributed by atoms with Crippen molar-refractivity contribution in [3.63, 3.8) is 0 Å². The fourth-order valence-corrected chi connectivity index (χ4v) is 4.49. The van der Waals surface area contributed by atoms with E-state index >= 15 is 0 Å². The molecule has 0 atom stereocenters. The van der Waals surface area contributed by atoms with E-state index in [0.29, 0.717) is 42.5 Å². The SMILES string of the molecule is C=CCOc1ccccc1C(=O)NCCN=S1(=O)CCCC1. The normalized spacial score (nSPS) is 16.0. The number of rotatable bonds is 7. The van der Waals surface area contributed by atoms with Gasteiger partial charge in [0.1, 0.15) is 12.4 Å². The molecule has 0 saturated carbocycles. The summed E-state index contributed by atoms with van der Waals surface area (Å²) in [6, 6.07) is 7.06. The van der Waals surface area contributed by atoms with Crippen LogP contribution in [0.15, 0.2) is 41.3 Å². The first-order chi connectivity index (χ1) is 10.6. The Kier molecular flexibility index (Phi) is 6.00. The molecule has 2 rings (SSSR count). The van der Waals surface area contributed by atoms with Crippen LogP contribution in [0.25, 0.3) is 0 Å². The van der Waals surface area contributed by atoms with Crippen molar-refractivity contribution in [1.82, 2.24) is 5.32 Å². The van der Waals surface area contributed by atoms with Crippen molar-refractivity contribution in [2.45, 2.75) is 12.8 Å². The summed E-state index contributed by atoms with van der Waals surface area (Å²) < 4.78 is 21.9. The summed E-state index contributed by atoms with van der Waals surface area (Å²) in [5.74, 6) is 1.70. The standard InChI is InChI=1S/C16H22N2O3S/c1-2-11-21-15-8-4-3-7-14(15)16(19)17-9-10-18-22(20)12-5-6-13-22/h2-4,7-8H,1,5-6,9-13H2,(H,17,19). The Morgan fingerprint density at radius 2 is 2.09 bits per heavy atom. The minimum atomic E-state index is -2.00. The highest BCUT2D eigenvalue weighted by molar-refractivity contribution is 7.93. The highest BCUT2D eigenvalue weighted by atomic mass is 32.2. The van der Waals surface area contributed by atoms with Crippen molar-refractivity contribution >= 4 is 15.6 Å². The molecule has 120 valence electrons. The van der Waals surface area contributed by atoms with E-state index < -0.39 is 9.73 Å². The second-order valence-corrected chi connectivity index (χ2v) is 7.71. The quantitative estimate of drug-likeness (QED) is 0.618. The van der Waals surface area contributed by atoms with Crippen molar-refractivity contribution in [2.24, 2.45) is 4.36 Å². The Hall–Kier alpha value is -1.82. The third-order valence-electron chi connectivity index (χ3n) is 3.39. The average Bonchev–Trinajstić information content (AvgIpc) is 2.96. The first-order valence-corrected chi connectivity index (χ1v) is 9.29.